The van der Waals surface area contributed by atoms with Crippen molar-refractivity contribution in [2.24, 2.45) is 5.92 Å². The van der Waals surface area contributed by atoms with E-state index in [0.717, 1.165) is 24.8 Å². The third-order valence-electron chi connectivity index (χ3n) is 5.03. The lowest BCUT2D eigenvalue weighted by Gasteiger charge is -2.25. The highest BCUT2D eigenvalue weighted by molar-refractivity contribution is 5.89. The molecular weight excluding hydrogens is 410 g/mol. The number of aromatic nitrogens is 2. The molecule has 1 heterocycles. The molecule has 0 aliphatic heterocycles. The van der Waals surface area contributed by atoms with Crippen LogP contribution in [0.1, 0.15) is 55.1 Å². The fourth-order valence-corrected chi connectivity index (χ4v) is 3.54. The number of hydrogen-bond donors (Lipinski definition) is 3. The second-order valence-corrected chi connectivity index (χ2v) is 8.73. The van der Waals surface area contributed by atoms with Gasteiger partial charge >= 0.3 is 5.97 Å². The van der Waals surface area contributed by atoms with Crippen LogP contribution in [0.25, 0.3) is 0 Å². The molecule has 0 bridgehead atoms. The van der Waals surface area contributed by atoms with Crippen LogP contribution in [-0.4, -0.2) is 42.0 Å². The SMILES string of the molecule is COC(OC)C(CCCc1ccc(C(=O)OC(C)(C)C)cc1)Cc1c(N)nc(N)nc1N. The summed E-state index contributed by atoms with van der Waals surface area (Å²) in [5.74, 6) is 0.244. The standard InChI is InChI=1S/C23H35N5O4/c1-23(2,3)32-20(29)15-11-9-14(10-12-15)7-6-8-16(21(30-4)31-5)13-17-18(24)27-22(26)28-19(17)25/h9-12,16,21H,6-8,13H2,1-5H3,(H6,24,25,26,27,28). The first kappa shape index (κ1) is 25.4. The average Bonchev–Trinajstić information content (AvgIpc) is 2.70. The summed E-state index contributed by atoms with van der Waals surface area (Å²) < 4.78 is 16.4. The maximum absolute atomic E-state index is 12.2. The molecule has 0 saturated carbocycles. The zero-order valence-electron chi connectivity index (χ0n) is 19.6. The van der Waals surface area contributed by atoms with E-state index in [4.69, 9.17) is 31.4 Å². The minimum absolute atomic E-state index is 0.0112. The molecule has 9 nitrogen and oxygen atoms in total. The van der Waals surface area contributed by atoms with E-state index in [-0.39, 0.29) is 29.5 Å². The maximum atomic E-state index is 12.2. The highest BCUT2D eigenvalue weighted by Crippen LogP contribution is 2.27. The molecule has 1 aromatic carbocycles. The molecule has 32 heavy (non-hydrogen) atoms. The zero-order valence-corrected chi connectivity index (χ0v) is 19.6. The van der Waals surface area contributed by atoms with Crippen LogP contribution in [0.5, 0.6) is 0 Å². The fraction of sp³-hybridized carbons (Fsp3) is 0.522. The molecule has 1 atom stereocenters. The summed E-state index contributed by atoms with van der Waals surface area (Å²) in [6, 6.07) is 7.48. The van der Waals surface area contributed by atoms with E-state index in [2.05, 4.69) is 9.97 Å². The number of ether oxygens (including phenoxy) is 3. The molecule has 0 fully saturated rings. The molecule has 2 aromatic rings. The molecule has 1 aromatic heterocycles. The van der Waals surface area contributed by atoms with Gasteiger partial charge in [-0.2, -0.15) is 9.97 Å². The van der Waals surface area contributed by atoms with Crippen LogP contribution in [-0.2, 0) is 27.1 Å². The van der Waals surface area contributed by atoms with Gasteiger partial charge in [0.05, 0.1) is 5.56 Å². The normalized spacial score (nSPS) is 12.7. The zero-order chi connectivity index (χ0) is 23.9. The predicted molar refractivity (Wildman–Crippen MR) is 125 cm³/mol. The molecule has 0 aliphatic rings. The van der Waals surface area contributed by atoms with Crippen LogP contribution < -0.4 is 17.2 Å². The Labute approximate surface area is 189 Å². The summed E-state index contributed by atoms with van der Waals surface area (Å²) in [6.07, 6.45) is 2.57. The summed E-state index contributed by atoms with van der Waals surface area (Å²) in [5, 5.41) is 0. The lowest BCUT2D eigenvalue weighted by atomic mass is 9.92. The number of anilines is 3. The van der Waals surface area contributed by atoms with Crippen molar-refractivity contribution in [3.63, 3.8) is 0 Å². The van der Waals surface area contributed by atoms with Crippen molar-refractivity contribution in [2.45, 2.75) is 58.3 Å². The molecule has 0 spiro atoms. The van der Waals surface area contributed by atoms with Crippen molar-refractivity contribution in [3.8, 4) is 0 Å². The van der Waals surface area contributed by atoms with Crippen LogP contribution in [0.15, 0.2) is 24.3 Å². The fourth-order valence-electron chi connectivity index (χ4n) is 3.54. The Morgan fingerprint density at radius 2 is 1.56 bits per heavy atom. The first-order chi connectivity index (χ1) is 15.0. The number of carbonyl (C=O) groups excluding carboxylic acids is 1. The van der Waals surface area contributed by atoms with Crippen molar-refractivity contribution in [1.82, 2.24) is 9.97 Å². The summed E-state index contributed by atoms with van der Waals surface area (Å²) in [7, 11) is 3.20. The van der Waals surface area contributed by atoms with Crippen molar-refractivity contribution >= 4 is 23.6 Å². The topological polar surface area (TPSA) is 149 Å². The van der Waals surface area contributed by atoms with E-state index >= 15 is 0 Å². The van der Waals surface area contributed by atoms with E-state index in [0.29, 0.717) is 17.5 Å². The van der Waals surface area contributed by atoms with Crippen molar-refractivity contribution in [3.05, 3.63) is 41.0 Å². The number of benzene rings is 1. The second kappa shape index (κ2) is 11.1. The number of hydrogen-bond acceptors (Lipinski definition) is 9. The third-order valence-corrected chi connectivity index (χ3v) is 5.03. The van der Waals surface area contributed by atoms with Crippen LogP contribution in [0.4, 0.5) is 17.6 Å². The molecule has 1 unspecified atom stereocenters. The quantitative estimate of drug-likeness (QED) is 0.370. The van der Waals surface area contributed by atoms with E-state index in [1.165, 1.54) is 0 Å². The average molecular weight is 446 g/mol. The van der Waals surface area contributed by atoms with E-state index in [9.17, 15) is 4.79 Å². The number of esters is 1. The highest BCUT2D eigenvalue weighted by Gasteiger charge is 2.24. The number of methoxy groups -OCH3 is 2. The number of nitrogens with zero attached hydrogens (tertiary/aromatic N) is 2. The summed E-state index contributed by atoms with van der Waals surface area (Å²) in [6.45, 7) is 5.54. The van der Waals surface area contributed by atoms with Gasteiger partial charge in [0.15, 0.2) is 6.29 Å². The third kappa shape index (κ3) is 7.35. The smallest absolute Gasteiger partial charge is 0.338 e. The van der Waals surface area contributed by atoms with Crippen molar-refractivity contribution in [1.29, 1.82) is 0 Å². The van der Waals surface area contributed by atoms with Crippen molar-refractivity contribution < 1.29 is 19.0 Å². The van der Waals surface area contributed by atoms with Gasteiger partial charge in [0, 0.05) is 25.7 Å². The van der Waals surface area contributed by atoms with Gasteiger partial charge in [-0.25, -0.2) is 4.79 Å². The Balaban J connectivity index is 2.02. The summed E-state index contributed by atoms with van der Waals surface area (Å²) in [5.41, 5.74) is 19.4. The van der Waals surface area contributed by atoms with E-state index < -0.39 is 11.9 Å². The van der Waals surface area contributed by atoms with Gasteiger partial charge in [0.25, 0.3) is 0 Å². The van der Waals surface area contributed by atoms with E-state index in [1.54, 1.807) is 26.4 Å². The number of rotatable bonds is 10. The molecular formula is C23H35N5O4. The first-order valence-electron chi connectivity index (χ1n) is 10.6. The summed E-state index contributed by atoms with van der Waals surface area (Å²) in [4.78, 5) is 20.2. The largest absolute Gasteiger partial charge is 0.456 e. The molecule has 0 aliphatic carbocycles. The van der Waals surface area contributed by atoms with Gasteiger partial charge in [-0.15, -0.1) is 0 Å². The van der Waals surface area contributed by atoms with Crippen LogP contribution in [0, 0.1) is 5.92 Å². The number of nitrogen functional groups attached to an aromatic ring is 3. The minimum atomic E-state index is -0.522. The van der Waals surface area contributed by atoms with Gasteiger partial charge in [-0.1, -0.05) is 12.1 Å². The van der Waals surface area contributed by atoms with Gasteiger partial charge in [0.2, 0.25) is 5.95 Å². The molecule has 0 radical (unpaired) electrons. The van der Waals surface area contributed by atoms with Crippen molar-refractivity contribution in [2.75, 3.05) is 31.4 Å². The van der Waals surface area contributed by atoms with Crippen LogP contribution in [0.3, 0.4) is 0 Å². The lowest BCUT2D eigenvalue weighted by molar-refractivity contribution is -0.138. The van der Waals surface area contributed by atoms with Gasteiger partial charge in [-0.3, -0.25) is 0 Å². The molecule has 0 amide bonds. The molecule has 2 rings (SSSR count). The van der Waals surface area contributed by atoms with Gasteiger partial charge < -0.3 is 31.4 Å². The second-order valence-electron chi connectivity index (χ2n) is 8.73. The number of carbonyl (C=O) groups is 1. The molecule has 176 valence electrons. The Bertz CT molecular complexity index is 869. The number of nitrogens with two attached hydrogens (primary N) is 3. The Morgan fingerprint density at radius 1 is 1.00 bits per heavy atom. The van der Waals surface area contributed by atoms with E-state index in [1.807, 2.05) is 32.9 Å². The minimum Gasteiger partial charge on any atom is -0.456 e. The number of aryl methyl sites for hydroxylation is 1. The lowest BCUT2D eigenvalue weighted by Crippen LogP contribution is -2.28. The van der Waals surface area contributed by atoms with Gasteiger partial charge in [0.1, 0.15) is 17.2 Å². The molecule has 6 N–H and O–H groups in total. The first-order valence-corrected chi connectivity index (χ1v) is 10.6. The molecule has 0 saturated heterocycles. The highest BCUT2D eigenvalue weighted by atomic mass is 16.7. The maximum Gasteiger partial charge on any atom is 0.338 e. The monoisotopic (exact) mass is 445 g/mol. The van der Waals surface area contributed by atoms with Gasteiger partial charge in [-0.05, 0) is 64.2 Å². The molecule has 9 heteroatoms. The summed E-state index contributed by atoms with van der Waals surface area (Å²) >= 11 is 0. The predicted octanol–water partition coefficient (Wildman–Crippen LogP) is 2.98. The Hall–Kier alpha value is -2.91. The Kier molecular flexibility index (Phi) is 8.80. The Morgan fingerprint density at radius 3 is 2.06 bits per heavy atom. The van der Waals surface area contributed by atoms with Crippen LogP contribution >= 0.6 is 0 Å². The van der Waals surface area contributed by atoms with Crippen LogP contribution in [0.2, 0.25) is 0 Å².